The minimum absolute atomic E-state index is 0.189. The topological polar surface area (TPSA) is 68.0 Å². The number of amides is 1. The van der Waals surface area contributed by atoms with Crippen LogP contribution in [-0.2, 0) is 0 Å². The number of benzene rings is 1. The van der Waals surface area contributed by atoms with Gasteiger partial charge in [0.1, 0.15) is 4.99 Å². The third-order valence-corrected chi connectivity index (χ3v) is 2.80. The van der Waals surface area contributed by atoms with Gasteiger partial charge in [-0.3, -0.25) is 9.78 Å². The molecule has 0 atom stereocenters. The molecular formula is C14H13N3OS. The lowest BCUT2D eigenvalue weighted by Crippen LogP contribution is -2.14. The molecule has 1 aromatic carbocycles. The first-order chi connectivity index (χ1) is 9.06. The van der Waals surface area contributed by atoms with E-state index in [1.54, 1.807) is 42.6 Å². The molecule has 1 heterocycles. The van der Waals surface area contributed by atoms with Gasteiger partial charge in [-0.25, -0.2) is 0 Å². The zero-order chi connectivity index (χ0) is 13.8. The number of anilines is 1. The van der Waals surface area contributed by atoms with E-state index < -0.39 is 0 Å². The second kappa shape index (κ2) is 5.58. The SMILES string of the molecule is Cc1cc(C(=O)Nc2cccc(C(N)=S)c2)ccn1. The van der Waals surface area contributed by atoms with Crippen molar-refractivity contribution in [2.24, 2.45) is 5.73 Å². The fourth-order valence-electron chi connectivity index (χ4n) is 1.64. The van der Waals surface area contributed by atoms with Crippen LogP contribution in [0.25, 0.3) is 0 Å². The summed E-state index contributed by atoms with van der Waals surface area (Å²) in [6.07, 6.45) is 1.61. The molecule has 4 nitrogen and oxygen atoms in total. The molecule has 0 spiro atoms. The van der Waals surface area contributed by atoms with Crippen LogP contribution in [-0.4, -0.2) is 15.9 Å². The number of aromatic nitrogens is 1. The van der Waals surface area contributed by atoms with Crippen molar-refractivity contribution in [3.8, 4) is 0 Å². The summed E-state index contributed by atoms with van der Waals surface area (Å²) in [5.41, 5.74) is 8.29. The summed E-state index contributed by atoms with van der Waals surface area (Å²) in [5.74, 6) is -0.189. The predicted octanol–water partition coefficient (Wildman–Crippen LogP) is 2.28. The zero-order valence-corrected chi connectivity index (χ0v) is 11.2. The smallest absolute Gasteiger partial charge is 0.255 e. The van der Waals surface area contributed by atoms with Gasteiger partial charge in [0.25, 0.3) is 5.91 Å². The number of thiocarbonyl (C=S) groups is 1. The molecule has 0 aliphatic rings. The summed E-state index contributed by atoms with van der Waals surface area (Å²) < 4.78 is 0. The van der Waals surface area contributed by atoms with E-state index >= 15 is 0 Å². The third-order valence-electron chi connectivity index (χ3n) is 2.56. The molecule has 2 rings (SSSR count). The van der Waals surface area contributed by atoms with Crippen LogP contribution in [0.15, 0.2) is 42.6 Å². The Morgan fingerprint density at radius 2 is 2.05 bits per heavy atom. The van der Waals surface area contributed by atoms with E-state index in [0.717, 1.165) is 11.3 Å². The largest absolute Gasteiger partial charge is 0.389 e. The summed E-state index contributed by atoms with van der Waals surface area (Å²) in [6.45, 7) is 1.84. The number of nitrogens with zero attached hydrogens (tertiary/aromatic N) is 1. The Kier molecular flexibility index (Phi) is 3.87. The highest BCUT2D eigenvalue weighted by molar-refractivity contribution is 7.80. The van der Waals surface area contributed by atoms with Gasteiger partial charge in [0.15, 0.2) is 0 Å². The van der Waals surface area contributed by atoms with Crippen LogP contribution >= 0.6 is 12.2 Å². The van der Waals surface area contributed by atoms with E-state index in [4.69, 9.17) is 18.0 Å². The molecule has 19 heavy (non-hydrogen) atoms. The number of hydrogen-bond donors (Lipinski definition) is 2. The van der Waals surface area contributed by atoms with Crippen LogP contribution in [0.4, 0.5) is 5.69 Å². The van der Waals surface area contributed by atoms with Gasteiger partial charge >= 0.3 is 0 Å². The highest BCUT2D eigenvalue weighted by Gasteiger charge is 2.07. The molecule has 0 saturated heterocycles. The lowest BCUT2D eigenvalue weighted by atomic mass is 10.2. The number of carbonyl (C=O) groups excluding carboxylic acids is 1. The Morgan fingerprint density at radius 1 is 1.26 bits per heavy atom. The van der Waals surface area contributed by atoms with E-state index in [9.17, 15) is 4.79 Å². The van der Waals surface area contributed by atoms with Crippen LogP contribution in [0.3, 0.4) is 0 Å². The molecule has 0 fully saturated rings. The van der Waals surface area contributed by atoms with E-state index in [1.165, 1.54) is 0 Å². The Hall–Kier alpha value is -2.27. The fourth-order valence-corrected chi connectivity index (χ4v) is 1.77. The van der Waals surface area contributed by atoms with E-state index in [0.29, 0.717) is 16.2 Å². The van der Waals surface area contributed by atoms with Crippen molar-refractivity contribution < 1.29 is 4.79 Å². The van der Waals surface area contributed by atoms with E-state index in [1.807, 2.05) is 6.92 Å². The number of nitrogens with one attached hydrogen (secondary N) is 1. The molecule has 0 aliphatic carbocycles. The Balaban J connectivity index is 2.19. The van der Waals surface area contributed by atoms with Crippen LogP contribution < -0.4 is 11.1 Å². The molecule has 0 aliphatic heterocycles. The molecule has 5 heteroatoms. The van der Waals surface area contributed by atoms with E-state index in [2.05, 4.69) is 10.3 Å². The molecule has 2 aromatic rings. The van der Waals surface area contributed by atoms with Gasteiger partial charge in [-0.1, -0.05) is 24.4 Å². The number of hydrogen-bond acceptors (Lipinski definition) is 3. The quantitative estimate of drug-likeness (QED) is 0.840. The molecule has 3 N–H and O–H groups in total. The number of carbonyl (C=O) groups is 1. The minimum atomic E-state index is -0.189. The summed E-state index contributed by atoms with van der Waals surface area (Å²) in [4.78, 5) is 16.4. The minimum Gasteiger partial charge on any atom is -0.389 e. The van der Waals surface area contributed by atoms with Crippen molar-refractivity contribution in [2.45, 2.75) is 6.92 Å². The van der Waals surface area contributed by atoms with Gasteiger partial charge < -0.3 is 11.1 Å². The number of pyridine rings is 1. The summed E-state index contributed by atoms with van der Waals surface area (Å²) in [5, 5.41) is 2.80. The van der Waals surface area contributed by atoms with Gasteiger partial charge in [0.05, 0.1) is 0 Å². The maximum absolute atomic E-state index is 12.0. The van der Waals surface area contributed by atoms with Crippen LogP contribution in [0.5, 0.6) is 0 Å². The highest BCUT2D eigenvalue weighted by atomic mass is 32.1. The van der Waals surface area contributed by atoms with Gasteiger partial charge in [-0.15, -0.1) is 0 Å². The molecule has 0 unspecified atom stereocenters. The lowest BCUT2D eigenvalue weighted by Gasteiger charge is -2.07. The summed E-state index contributed by atoms with van der Waals surface area (Å²) in [6, 6.07) is 10.5. The van der Waals surface area contributed by atoms with Crippen molar-refractivity contribution in [2.75, 3.05) is 5.32 Å². The first kappa shape index (κ1) is 13.2. The van der Waals surface area contributed by atoms with Crippen LogP contribution in [0.1, 0.15) is 21.6 Å². The van der Waals surface area contributed by atoms with Crippen molar-refractivity contribution in [1.29, 1.82) is 0 Å². The van der Waals surface area contributed by atoms with Gasteiger partial charge in [-0.05, 0) is 31.2 Å². The molecular weight excluding hydrogens is 258 g/mol. The van der Waals surface area contributed by atoms with Gasteiger partial charge in [-0.2, -0.15) is 0 Å². The third kappa shape index (κ3) is 3.35. The molecule has 96 valence electrons. The van der Waals surface area contributed by atoms with Crippen LogP contribution in [0.2, 0.25) is 0 Å². The van der Waals surface area contributed by atoms with Crippen molar-refractivity contribution in [1.82, 2.24) is 4.98 Å². The standard InChI is InChI=1S/C14H13N3OS/c1-9-7-11(5-6-16-9)14(18)17-12-4-2-3-10(8-12)13(15)19/h2-8H,1H3,(H2,15,19)(H,17,18). The summed E-state index contributed by atoms with van der Waals surface area (Å²) in [7, 11) is 0. The zero-order valence-electron chi connectivity index (χ0n) is 10.4. The average Bonchev–Trinajstić information content (AvgIpc) is 2.39. The second-order valence-corrected chi connectivity index (χ2v) is 4.52. The highest BCUT2D eigenvalue weighted by Crippen LogP contribution is 2.12. The maximum atomic E-state index is 12.0. The van der Waals surface area contributed by atoms with Gasteiger partial charge in [0, 0.05) is 28.7 Å². The lowest BCUT2D eigenvalue weighted by molar-refractivity contribution is 0.102. The number of aryl methyl sites for hydroxylation is 1. The van der Waals surface area contributed by atoms with Crippen molar-refractivity contribution in [3.63, 3.8) is 0 Å². The van der Waals surface area contributed by atoms with Gasteiger partial charge in [0.2, 0.25) is 0 Å². The van der Waals surface area contributed by atoms with Crippen molar-refractivity contribution >= 4 is 28.8 Å². The molecule has 0 saturated carbocycles. The first-order valence-electron chi connectivity index (χ1n) is 5.70. The monoisotopic (exact) mass is 271 g/mol. The normalized spacial score (nSPS) is 9.95. The Morgan fingerprint density at radius 3 is 2.74 bits per heavy atom. The van der Waals surface area contributed by atoms with Crippen molar-refractivity contribution in [3.05, 3.63) is 59.4 Å². The molecule has 1 amide bonds. The van der Waals surface area contributed by atoms with E-state index in [-0.39, 0.29) is 5.91 Å². The Bertz CT molecular complexity index is 640. The average molecular weight is 271 g/mol. The molecule has 0 bridgehead atoms. The molecule has 0 radical (unpaired) electrons. The summed E-state index contributed by atoms with van der Waals surface area (Å²) >= 11 is 4.90. The molecule has 1 aromatic heterocycles. The Labute approximate surface area is 116 Å². The van der Waals surface area contributed by atoms with Crippen LogP contribution in [0, 0.1) is 6.92 Å². The first-order valence-corrected chi connectivity index (χ1v) is 6.11. The fraction of sp³-hybridized carbons (Fsp3) is 0.0714. The number of nitrogens with two attached hydrogens (primary N) is 1. The second-order valence-electron chi connectivity index (χ2n) is 4.09. The maximum Gasteiger partial charge on any atom is 0.255 e. The predicted molar refractivity (Wildman–Crippen MR) is 79.3 cm³/mol. The number of rotatable bonds is 3.